The first-order valence-corrected chi connectivity index (χ1v) is 13.2. The van der Waals surface area contributed by atoms with Crippen LogP contribution in [0.1, 0.15) is 40.7 Å². The van der Waals surface area contributed by atoms with E-state index in [2.05, 4.69) is 16.5 Å². The van der Waals surface area contributed by atoms with E-state index in [4.69, 9.17) is 14.2 Å². The standard InChI is InChI=1S/C29H27N3O5S/c1-35-21-15-23(37-3)22(36-2)14-18(21)25-26-19(12-16(13-20(26)33)24-10-7-11-38-24)30-28-27(25)29(34)32(31-28)17-8-5-4-6-9-17/h4-11,14-16,25,30-31H,12-13H2,1-3H3/t16-,25-/m0/s1. The van der Waals surface area contributed by atoms with Gasteiger partial charge in [-0.05, 0) is 36.1 Å². The number of Topliss-reactive ketones (excluding diaryl/α,β-unsaturated/α-hetero) is 1. The fourth-order valence-corrected chi connectivity index (χ4v) is 6.40. The van der Waals surface area contributed by atoms with Crippen molar-refractivity contribution in [3.63, 3.8) is 0 Å². The Morgan fingerprint density at radius 2 is 1.63 bits per heavy atom. The summed E-state index contributed by atoms with van der Waals surface area (Å²) in [4.78, 5) is 29.0. The van der Waals surface area contributed by atoms with Gasteiger partial charge in [0.25, 0.3) is 5.56 Å². The van der Waals surface area contributed by atoms with Gasteiger partial charge in [-0.15, -0.1) is 11.3 Å². The molecule has 3 heterocycles. The molecule has 1 aliphatic carbocycles. The molecule has 4 aromatic rings. The van der Waals surface area contributed by atoms with Gasteiger partial charge in [0, 0.05) is 40.1 Å². The number of fused-ring (bicyclic) bond motifs is 1. The lowest BCUT2D eigenvalue weighted by Crippen LogP contribution is -2.32. The van der Waals surface area contributed by atoms with Crippen molar-refractivity contribution in [3.8, 4) is 22.9 Å². The lowest BCUT2D eigenvalue weighted by Gasteiger charge is -2.34. The Bertz CT molecular complexity index is 1600. The molecule has 9 heteroatoms. The van der Waals surface area contributed by atoms with Gasteiger partial charge in [0.2, 0.25) is 0 Å². The lowest BCUT2D eigenvalue weighted by molar-refractivity contribution is -0.116. The highest BCUT2D eigenvalue weighted by Crippen LogP contribution is 2.50. The van der Waals surface area contributed by atoms with E-state index in [9.17, 15) is 9.59 Å². The number of allylic oxidation sites excluding steroid dienone is 2. The quantitative estimate of drug-likeness (QED) is 0.356. The number of hydrogen-bond donors (Lipinski definition) is 2. The highest BCUT2D eigenvalue weighted by Gasteiger charge is 2.42. The number of aromatic amines is 1. The molecule has 0 bridgehead atoms. The smallest absolute Gasteiger partial charge is 0.277 e. The second kappa shape index (κ2) is 9.57. The normalized spacial score (nSPS) is 18.4. The number of para-hydroxylation sites is 1. The van der Waals surface area contributed by atoms with Crippen molar-refractivity contribution < 1.29 is 19.0 Å². The number of nitrogens with one attached hydrogen (secondary N) is 2. The van der Waals surface area contributed by atoms with Gasteiger partial charge < -0.3 is 19.5 Å². The SMILES string of the molecule is COc1cc(OC)c([C@H]2C3=C(C[C@H](c4cccs4)CC3=O)Nc3[nH]n(-c4ccccc4)c(=O)c32)cc1OC. The first kappa shape index (κ1) is 24.1. The highest BCUT2D eigenvalue weighted by atomic mass is 32.1. The minimum absolute atomic E-state index is 0.0106. The number of carbonyl (C=O) groups is 1. The summed E-state index contributed by atoms with van der Waals surface area (Å²) in [5.41, 5.74) is 3.00. The van der Waals surface area contributed by atoms with Crippen LogP contribution in [0.15, 0.2) is 76.0 Å². The minimum Gasteiger partial charge on any atom is -0.496 e. The summed E-state index contributed by atoms with van der Waals surface area (Å²) in [6.07, 6.45) is 1.03. The van der Waals surface area contributed by atoms with Crippen LogP contribution in [-0.4, -0.2) is 36.9 Å². The van der Waals surface area contributed by atoms with Crippen LogP contribution in [0.2, 0.25) is 0 Å². The number of ether oxygens (including phenoxy) is 3. The van der Waals surface area contributed by atoms with Gasteiger partial charge in [0.05, 0.1) is 38.5 Å². The Balaban J connectivity index is 1.59. The van der Waals surface area contributed by atoms with Gasteiger partial charge in [-0.3, -0.25) is 14.7 Å². The Morgan fingerprint density at radius 3 is 2.32 bits per heavy atom. The van der Waals surface area contributed by atoms with Gasteiger partial charge in [0.1, 0.15) is 11.6 Å². The van der Waals surface area contributed by atoms with Crippen molar-refractivity contribution >= 4 is 22.9 Å². The predicted octanol–water partition coefficient (Wildman–Crippen LogP) is 5.21. The number of benzene rings is 2. The molecular weight excluding hydrogens is 502 g/mol. The first-order chi connectivity index (χ1) is 18.5. The number of nitrogens with zero attached hydrogens (tertiary/aromatic N) is 1. The molecule has 2 atom stereocenters. The van der Waals surface area contributed by atoms with E-state index in [1.54, 1.807) is 44.8 Å². The summed E-state index contributed by atoms with van der Waals surface area (Å²) in [5.74, 6) is 1.50. The van der Waals surface area contributed by atoms with E-state index in [-0.39, 0.29) is 17.3 Å². The zero-order valence-corrected chi connectivity index (χ0v) is 22.1. The fraction of sp³-hybridized carbons (Fsp3) is 0.241. The van der Waals surface area contributed by atoms with E-state index in [1.807, 2.05) is 41.8 Å². The van der Waals surface area contributed by atoms with Crippen molar-refractivity contribution in [3.05, 3.63) is 97.6 Å². The zero-order valence-electron chi connectivity index (χ0n) is 21.2. The Morgan fingerprint density at radius 1 is 0.895 bits per heavy atom. The van der Waals surface area contributed by atoms with E-state index < -0.39 is 5.92 Å². The van der Waals surface area contributed by atoms with Crippen LogP contribution in [0, 0.1) is 0 Å². The summed E-state index contributed by atoms with van der Waals surface area (Å²) in [7, 11) is 4.68. The topological polar surface area (TPSA) is 94.6 Å². The maximum absolute atomic E-state index is 14.0. The van der Waals surface area contributed by atoms with Gasteiger partial charge in [-0.2, -0.15) is 0 Å². The van der Waals surface area contributed by atoms with E-state index in [0.717, 1.165) is 5.70 Å². The second-order valence-corrected chi connectivity index (χ2v) is 10.3. The summed E-state index contributed by atoms with van der Waals surface area (Å²) in [6.45, 7) is 0. The zero-order chi connectivity index (χ0) is 26.4. The van der Waals surface area contributed by atoms with Crippen LogP contribution < -0.4 is 25.1 Å². The largest absolute Gasteiger partial charge is 0.496 e. The van der Waals surface area contributed by atoms with E-state index >= 15 is 0 Å². The van der Waals surface area contributed by atoms with Crippen molar-refractivity contribution in [2.24, 2.45) is 0 Å². The first-order valence-electron chi connectivity index (χ1n) is 12.3. The van der Waals surface area contributed by atoms with Crippen LogP contribution in [-0.2, 0) is 4.79 Å². The van der Waals surface area contributed by atoms with Crippen LogP contribution in [0.5, 0.6) is 17.2 Å². The van der Waals surface area contributed by atoms with Crippen LogP contribution in [0.4, 0.5) is 5.82 Å². The molecule has 6 rings (SSSR count). The summed E-state index contributed by atoms with van der Waals surface area (Å²) in [5, 5.41) is 8.72. The van der Waals surface area contributed by atoms with Crippen molar-refractivity contribution in [1.82, 2.24) is 9.78 Å². The average molecular weight is 530 g/mol. The van der Waals surface area contributed by atoms with Crippen LogP contribution >= 0.6 is 11.3 Å². The average Bonchev–Trinajstić information content (AvgIpc) is 3.60. The number of thiophene rings is 1. The minimum atomic E-state index is -0.651. The third-order valence-corrected chi connectivity index (χ3v) is 8.33. The summed E-state index contributed by atoms with van der Waals surface area (Å²) in [6, 6.07) is 17.0. The molecule has 2 N–H and O–H groups in total. The Hall–Kier alpha value is -4.24. The van der Waals surface area contributed by atoms with Crippen LogP contribution in [0.3, 0.4) is 0 Å². The van der Waals surface area contributed by atoms with Gasteiger partial charge in [-0.25, -0.2) is 4.68 Å². The number of anilines is 1. The molecule has 1 aliphatic heterocycles. The Labute approximate surface area is 223 Å². The van der Waals surface area contributed by atoms with Gasteiger partial charge >= 0.3 is 0 Å². The second-order valence-electron chi connectivity index (χ2n) is 9.32. The maximum atomic E-state index is 14.0. The number of H-pyrrole nitrogens is 1. The number of rotatable bonds is 6. The molecule has 194 valence electrons. The van der Waals surface area contributed by atoms with Gasteiger partial charge in [0.15, 0.2) is 17.3 Å². The molecular formula is C29H27N3O5S. The third kappa shape index (κ3) is 3.81. The molecule has 2 aliphatic rings. The third-order valence-electron chi connectivity index (χ3n) is 7.29. The number of methoxy groups -OCH3 is 3. The molecule has 38 heavy (non-hydrogen) atoms. The van der Waals surface area contributed by atoms with E-state index in [1.165, 1.54) is 9.56 Å². The molecule has 0 unspecified atom stereocenters. The van der Waals surface area contributed by atoms with Crippen LogP contribution in [0.25, 0.3) is 5.69 Å². The molecule has 2 aromatic heterocycles. The molecule has 0 saturated carbocycles. The Kier molecular flexibility index (Phi) is 6.07. The molecule has 0 saturated heterocycles. The number of carbonyl (C=O) groups excluding carboxylic acids is 1. The molecule has 0 fully saturated rings. The molecule has 0 spiro atoms. The maximum Gasteiger partial charge on any atom is 0.277 e. The monoisotopic (exact) mass is 529 g/mol. The number of ketones is 1. The van der Waals surface area contributed by atoms with E-state index in [0.29, 0.717) is 58.3 Å². The molecule has 8 nitrogen and oxygen atoms in total. The van der Waals surface area contributed by atoms with Crippen molar-refractivity contribution in [1.29, 1.82) is 0 Å². The van der Waals surface area contributed by atoms with Crippen molar-refractivity contribution in [2.75, 3.05) is 26.6 Å². The van der Waals surface area contributed by atoms with Gasteiger partial charge in [-0.1, -0.05) is 24.3 Å². The fourth-order valence-electron chi connectivity index (χ4n) is 5.57. The predicted molar refractivity (Wildman–Crippen MR) is 146 cm³/mol. The summed E-state index contributed by atoms with van der Waals surface area (Å²) < 4.78 is 18.4. The number of hydrogen-bond acceptors (Lipinski definition) is 7. The molecule has 0 radical (unpaired) electrons. The molecule has 0 amide bonds. The highest BCUT2D eigenvalue weighted by molar-refractivity contribution is 7.10. The summed E-state index contributed by atoms with van der Waals surface area (Å²) >= 11 is 1.66. The molecule has 2 aromatic carbocycles. The van der Waals surface area contributed by atoms with Crippen molar-refractivity contribution in [2.45, 2.75) is 24.7 Å². The number of aromatic nitrogens is 2. The lowest BCUT2D eigenvalue weighted by atomic mass is 9.73.